The van der Waals surface area contributed by atoms with E-state index in [-0.39, 0.29) is 33.8 Å². The van der Waals surface area contributed by atoms with Crippen LogP contribution in [0.2, 0.25) is 0 Å². The smallest absolute Gasteiger partial charge is 0.312 e. The number of benzene rings is 2. The summed E-state index contributed by atoms with van der Waals surface area (Å²) < 4.78 is 5.83. The van der Waals surface area contributed by atoms with Crippen LogP contribution in [0.25, 0.3) is 21.9 Å². The summed E-state index contributed by atoms with van der Waals surface area (Å²) in [5.41, 5.74) is 2.17. The van der Waals surface area contributed by atoms with Gasteiger partial charge in [0.05, 0.1) is 15.9 Å². The number of allylic oxidation sites excluding steroid dienone is 1. The van der Waals surface area contributed by atoms with Gasteiger partial charge < -0.3 is 9.72 Å². The van der Waals surface area contributed by atoms with E-state index in [9.17, 15) is 20.2 Å². The van der Waals surface area contributed by atoms with E-state index in [4.69, 9.17) is 4.74 Å². The first-order valence-corrected chi connectivity index (χ1v) is 13.6. The topological polar surface area (TPSA) is 122 Å². The van der Waals surface area contributed by atoms with E-state index in [0.29, 0.717) is 27.4 Å². The minimum absolute atomic E-state index is 0.0257. The first-order valence-electron chi connectivity index (χ1n) is 12.8. The Hall–Kier alpha value is -4.29. The van der Waals surface area contributed by atoms with Crippen LogP contribution in [-0.4, -0.2) is 14.9 Å². The standard InChI is InChI=1S/C30H28N4O4S/c1-17-5-11-22-25(13-17)39-29-26(22)28(35)32-27(33-29)19(16-31)14-18-6-12-24(23(15-18)34(36)37)38-21-9-7-20(8-10-21)30(2,3)4/h6-10,12,14-15,17H,5,11,13H2,1-4H3,(H,32,33,35)/b19-14-/t17-/m1/s1. The number of nitro groups is 1. The Morgan fingerprint density at radius 1 is 1.26 bits per heavy atom. The van der Waals surface area contributed by atoms with Gasteiger partial charge in [-0.3, -0.25) is 14.9 Å². The first kappa shape index (κ1) is 26.3. The fourth-order valence-corrected chi connectivity index (χ4v) is 6.18. The molecule has 2 aromatic carbocycles. The second-order valence-electron chi connectivity index (χ2n) is 11.0. The lowest BCUT2D eigenvalue weighted by molar-refractivity contribution is -0.385. The average molecular weight is 541 g/mol. The van der Waals surface area contributed by atoms with Gasteiger partial charge in [-0.2, -0.15) is 5.26 Å². The lowest BCUT2D eigenvalue weighted by Crippen LogP contribution is -2.14. The maximum atomic E-state index is 13.0. The monoisotopic (exact) mass is 540 g/mol. The molecule has 0 spiro atoms. The maximum absolute atomic E-state index is 13.0. The van der Waals surface area contributed by atoms with Gasteiger partial charge in [-0.1, -0.05) is 45.9 Å². The number of ether oxygens (including phenoxy) is 1. The van der Waals surface area contributed by atoms with Crippen molar-refractivity contribution in [3.05, 3.63) is 90.3 Å². The Bertz CT molecular complexity index is 1720. The van der Waals surface area contributed by atoms with Crippen LogP contribution in [0.3, 0.4) is 0 Å². The normalized spacial score (nSPS) is 15.6. The molecule has 0 bridgehead atoms. The molecular formula is C30H28N4O4S. The number of aromatic nitrogens is 2. The Kier molecular flexibility index (Phi) is 6.83. The molecule has 8 nitrogen and oxygen atoms in total. The van der Waals surface area contributed by atoms with Crippen LogP contribution in [0.4, 0.5) is 5.69 Å². The highest BCUT2D eigenvalue weighted by Gasteiger charge is 2.24. The van der Waals surface area contributed by atoms with Gasteiger partial charge in [0.1, 0.15) is 16.6 Å². The van der Waals surface area contributed by atoms with Crippen LogP contribution in [0.15, 0.2) is 47.3 Å². The van der Waals surface area contributed by atoms with Crippen LogP contribution >= 0.6 is 11.3 Å². The Labute approximate surface area is 229 Å². The number of nitrogens with one attached hydrogen (secondary N) is 1. The number of rotatable bonds is 5. The number of H-pyrrole nitrogens is 1. The quantitative estimate of drug-likeness (QED) is 0.163. The summed E-state index contributed by atoms with van der Waals surface area (Å²) in [5.74, 6) is 1.27. The molecule has 0 saturated heterocycles. The van der Waals surface area contributed by atoms with E-state index in [2.05, 4.69) is 43.7 Å². The zero-order valence-electron chi connectivity index (χ0n) is 22.2. The molecule has 1 atom stereocenters. The molecule has 9 heteroatoms. The summed E-state index contributed by atoms with van der Waals surface area (Å²) >= 11 is 1.50. The zero-order chi connectivity index (χ0) is 27.9. The number of nitrogens with zero attached hydrogens (tertiary/aromatic N) is 3. The SMILES string of the molecule is C[C@@H]1CCc2c(sc3nc(/C(C#N)=C\c4ccc(Oc5ccc(C(C)(C)C)cc5)c([N+](=O)[O-])c4)[nH]c(=O)c23)C1. The molecule has 0 aliphatic heterocycles. The fourth-order valence-electron chi connectivity index (χ4n) is 4.80. The van der Waals surface area contributed by atoms with E-state index in [1.54, 1.807) is 18.2 Å². The van der Waals surface area contributed by atoms with E-state index < -0.39 is 4.92 Å². The number of nitro benzene ring substituents is 1. The summed E-state index contributed by atoms with van der Waals surface area (Å²) in [7, 11) is 0. The predicted molar refractivity (Wildman–Crippen MR) is 153 cm³/mol. The summed E-state index contributed by atoms with van der Waals surface area (Å²) in [4.78, 5) is 33.5. The Morgan fingerprint density at radius 3 is 2.67 bits per heavy atom. The van der Waals surface area contributed by atoms with Crippen LogP contribution in [0, 0.1) is 27.4 Å². The molecule has 2 aromatic heterocycles. The molecular weight excluding hydrogens is 512 g/mol. The van der Waals surface area contributed by atoms with Crippen molar-refractivity contribution in [1.82, 2.24) is 9.97 Å². The third-order valence-corrected chi connectivity index (χ3v) is 8.13. The predicted octanol–water partition coefficient (Wildman–Crippen LogP) is 7.17. The minimum atomic E-state index is -0.522. The number of thiophene rings is 1. The Morgan fingerprint density at radius 2 is 2.00 bits per heavy atom. The van der Waals surface area contributed by atoms with Crippen molar-refractivity contribution in [3.8, 4) is 17.6 Å². The Balaban J connectivity index is 1.47. The van der Waals surface area contributed by atoms with Gasteiger partial charge in [-0.15, -0.1) is 11.3 Å². The van der Waals surface area contributed by atoms with Crippen LogP contribution in [0.1, 0.15) is 61.5 Å². The third kappa shape index (κ3) is 5.33. The van der Waals surface area contributed by atoms with Crippen molar-refractivity contribution in [2.75, 3.05) is 0 Å². The van der Waals surface area contributed by atoms with E-state index in [1.807, 2.05) is 12.1 Å². The van der Waals surface area contributed by atoms with Gasteiger partial charge in [0.15, 0.2) is 5.82 Å². The maximum Gasteiger partial charge on any atom is 0.312 e. The van der Waals surface area contributed by atoms with Crippen molar-refractivity contribution in [1.29, 1.82) is 5.26 Å². The minimum Gasteiger partial charge on any atom is -0.450 e. The van der Waals surface area contributed by atoms with E-state index in [0.717, 1.165) is 30.4 Å². The summed E-state index contributed by atoms with van der Waals surface area (Å²) in [6.07, 6.45) is 4.28. The second kappa shape index (κ2) is 10.1. The molecule has 2 heterocycles. The molecule has 1 aliphatic carbocycles. The highest BCUT2D eigenvalue weighted by molar-refractivity contribution is 7.18. The molecule has 198 valence electrons. The number of hydrogen-bond donors (Lipinski definition) is 1. The van der Waals surface area contributed by atoms with Gasteiger partial charge >= 0.3 is 5.69 Å². The number of aryl methyl sites for hydroxylation is 1. The lowest BCUT2D eigenvalue weighted by atomic mass is 9.87. The summed E-state index contributed by atoms with van der Waals surface area (Å²) in [5, 5.41) is 22.3. The number of fused-ring (bicyclic) bond motifs is 3. The lowest BCUT2D eigenvalue weighted by Gasteiger charge is -2.19. The number of aromatic amines is 1. The van der Waals surface area contributed by atoms with Crippen LogP contribution < -0.4 is 10.3 Å². The van der Waals surface area contributed by atoms with Crippen molar-refractivity contribution in [3.63, 3.8) is 0 Å². The molecule has 0 saturated carbocycles. The van der Waals surface area contributed by atoms with Crippen molar-refractivity contribution >= 4 is 38.9 Å². The molecule has 1 aliphatic rings. The zero-order valence-corrected chi connectivity index (χ0v) is 23.0. The van der Waals surface area contributed by atoms with Gasteiger partial charge in [-0.05, 0) is 71.6 Å². The molecule has 0 radical (unpaired) electrons. The molecule has 0 fully saturated rings. The van der Waals surface area contributed by atoms with Crippen molar-refractivity contribution in [2.45, 2.75) is 52.4 Å². The third-order valence-electron chi connectivity index (χ3n) is 6.98. The van der Waals surface area contributed by atoms with Gasteiger partial charge in [0.2, 0.25) is 5.75 Å². The highest BCUT2D eigenvalue weighted by Crippen LogP contribution is 2.37. The molecule has 0 unspecified atom stereocenters. The molecule has 39 heavy (non-hydrogen) atoms. The number of hydrogen-bond acceptors (Lipinski definition) is 7. The average Bonchev–Trinajstić information content (AvgIpc) is 3.25. The fraction of sp³-hybridized carbons (Fsp3) is 0.300. The van der Waals surface area contributed by atoms with Gasteiger partial charge in [-0.25, -0.2) is 4.98 Å². The van der Waals surface area contributed by atoms with Crippen molar-refractivity contribution < 1.29 is 9.66 Å². The van der Waals surface area contributed by atoms with Crippen LogP contribution in [0.5, 0.6) is 11.5 Å². The first-order chi connectivity index (χ1) is 18.5. The summed E-state index contributed by atoms with van der Waals surface area (Å²) in [6, 6.07) is 14.0. The largest absolute Gasteiger partial charge is 0.450 e. The molecule has 4 aromatic rings. The van der Waals surface area contributed by atoms with E-state index in [1.165, 1.54) is 34.4 Å². The second-order valence-corrected chi connectivity index (χ2v) is 12.1. The molecule has 1 N–H and O–H groups in total. The molecule has 5 rings (SSSR count). The van der Waals surface area contributed by atoms with Gasteiger partial charge in [0, 0.05) is 10.9 Å². The van der Waals surface area contributed by atoms with E-state index >= 15 is 0 Å². The van der Waals surface area contributed by atoms with Crippen molar-refractivity contribution in [2.24, 2.45) is 5.92 Å². The number of nitriles is 1. The molecule has 0 amide bonds. The highest BCUT2D eigenvalue weighted by atomic mass is 32.1. The summed E-state index contributed by atoms with van der Waals surface area (Å²) in [6.45, 7) is 8.51. The van der Waals surface area contributed by atoms with Crippen LogP contribution in [-0.2, 0) is 18.3 Å². The van der Waals surface area contributed by atoms with Gasteiger partial charge in [0.25, 0.3) is 5.56 Å².